The largest absolute Gasteiger partial charge is 0.471 e. The highest BCUT2D eigenvalue weighted by Gasteiger charge is 2.38. The molecule has 0 spiro atoms. The van der Waals surface area contributed by atoms with Crippen LogP contribution in [-0.4, -0.2) is 36.5 Å². The summed E-state index contributed by atoms with van der Waals surface area (Å²) in [5, 5.41) is 2.01. The Balaban J connectivity index is 1.84. The van der Waals surface area contributed by atoms with Crippen molar-refractivity contribution in [2.45, 2.75) is 6.18 Å². The molecule has 8 nitrogen and oxygen atoms in total. The van der Waals surface area contributed by atoms with Crippen LogP contribution in [-0.2, 0) is 14.3 Å². The Morgan fingerprint density at radius 2 is 1.60 bits per heavy atom. The molecule has 0 atom stereocenters. The predicted octanol–water partition coefficient (Wildman–Crippen LogP) is 2.46. The van der Waals surface area contributed by atoms with Crippen LogP contribution in [0, 0.1) is 0 Å². The number of halogens is 4. The summed E-state index contributed by atoms with van der Waals surface area (Å²) in [6, 6.07) is 10.3. The second kappa shape index (κ2) is 9.74. The summed E-state index contributed by atoms with van der Waals surface area (Å²) >= 11 is 5.70. The minimum Gasteiger partial charge on any atom is -0.452 e. The highest BCUT2D eigenvalue weighted by Crippen LogP contribution is 2.19. The molecule has 2 rings (SSSR count). The Hall–Kier alpha value is -3.60. The third-order valence-electron chi connectivity index (χ3n) is 3.37. The van der Waals surface area contributed by atoms with Gasteiger partial charge in [-0.15, -0.1) is 0 Å². The van der Waals surface area contributed by atoms with Crippen LogP contribution in [0.2, 0.25) is 5.02 Å². The van der Waals surface area contributed by atoms with Crippen molar-refractivity contribution in [2.75, 3.05) is 11.9 Å². The first-order valence-corrected chi connectivity index (χ1v) is 8.44. The number of nitrogens with one attached hydrogen (secondary N) is 3. The van der Waals surface area contributed by atoms with E-state index < -0.39 is 36.5 Å². The van der Waals surface area contributed by atoms with Crippen molar-refractivity contribution in [1.82, 2.24) is 10.9 Å². The summed E-state index contributed by atoms with van der Waals surface area (Å²) in [5.74, 6) is -4.74. The number of carbonyl (C=O) groups excluding carboxylic acids is 4. The maximum absolute atomic E-state index is 12.3. The Bertz CT molecular complexity index is 964. The van der Waals surface area contributed by atoms with Crippen LogP contribution in [0.5, 0.6) is 0 Å². The summed E-state index contributed by atoms with van der Waals surface area (Å²) in [7, 11) is 0. The Morgan fingerprint density at radius 1 is 0.933 bits per heavy atom. The number of carbonyl (C=O) groups is 4. The fourth-order valence-corrected chi connectivity index (χ4v) is 2.10. The lowest BCUT2D eigenvalue weighted by Crippen LogP contribution is -2.43. The molecule has 0 heterocycles. The lowest BCUT2D eigenvalue weighted by atomic mass is 10.2. The molecule has 3 N–H and O–H groups in total. The van der Waals surface area contributed by atoms with Crippen molar-refractivity contribution in [3.63, 3.8) is 0 Å². The second-order valence-electron chi connectivity index (χ2n) is 5.62. The van der Waals surface area contributed by atoms with E-state index in [0.29, 0.717) is 5.02 Å². The summed E-state index contributed by atoms with van der Waals surface area (Å²) in [6.07, 6.45) is -5.09. The number of alkyl halides is 3. The molecule has 0 aliphatic heterocycles. The molecule has 30 heavy (non-hydrogen) atoms. The standard InChI is InChI=1S/C18H13ClF3N3O5/c19-12-6-4-10(5-7-12)15(27)25-24-14(26)9-30-16(28)11-2-1-3-13(8-11)23-17(29)18(20,21)22/h1-8H,9H2,(H,23,29)(H,24,26)(H,25,27). The van der Waals surface area contributed by atoms with Crippen molar-refractivity contribution in [3.8, 4) is 0 Å². The van der Waals surface area contributed by atoms with Crippen LogP contribution in [0.4, 0.5) is 18.9 Å². The third kappa shape index (κ3) is 6.78. The van der Waals surface area contributed by atoms with Gasteiger partial charge in [0.15, 0.2) is 6.61 Å². The average molecular weight is 444 g/mol. The molecule has 12 heteroatoms. The van der Waals surface area contributed by atoms with Crippen molar-refractivity contribution < 1.29 is 37.1 Å². The number of hydrogen-bond acceptors (Lipinski definition) is 5. The molecule has 0 saturated heterocycles. The van der Waals surface area contributed by atoms with Gasteiger partial charge in [0.25, 0.3) is 11.8 Å². The van der Waals surface area contributed by atoms with E-state index in [1.165, 1.54) is 36.4 Å². The molecule has 158 valence electrons. The molecule has 0 aliphatic carbocycles. The van der Waals surface area contributed by atoms with Crippen molar-refractivity contribution in [1.29, 1.82) is 0 Å². The highest BCUT2D eigenvalue weighted by atomic mass is 35.5. The van der Waals surface area contributed by atoms with E-state index in [2.05, 4.69) is 5.43 Å². The lowest BCUT2D eigenvalue weighted by molar-refractivity contribution is -0.167. The first kappa shape index (κ1) is 22.7. The number of esters is 1. The van der Waals surface area contributed by atoms with Crippen LogP contribution >= 0.6 is 11.6 Å². The smallest absolute Gasteiger partial charge is 0.452 e. The van der Waals surface area contributed by atoms with Gasteiger partial charge < -0.3 is 10.1 Å². The van der Waals surface area contributed by atoms with Gasteiger partial charge in [-0.3, -0.25) is 25.2 Å². The van der Waals surface area contributed by atoms with Gasteiger partial charge in [0.2, 0.25) is 0 Å². The first-order valence-electron chi connectivity index (χ1n) is 8.06. The number of ether oxygens (including phenoxy) is 1. The second-order valence-corrected chi connectivity index (χ2v) is 6.05. The molecule has 0 unspecified atom stereocenters. The maximum Gasteiger partial charge on any atom is 0.471 e. The molecular weight excluding hydrogens is 431 g/mol. The molecule has 2 aromatic rings. The Kier molecular flexibility index (Phi) is 7.37. The monoisotopic (exact) mass is 443 g/mol. The van der Waals surface area contributed by atoms with E-state index in [4.69, 9.17) is 16.3 Å². The number of hydrogen-bond donors (Lipinski definition) is 3. The highest BCUT2D eigenvalue weighted by molar-refractivity contribution is 6.30. The zero-order chi connectivity index (χ0) is 22.3. The van der Waals surface area contributed by atoms with Crippen molar-refractivity contribution >= 4 is 41.0 Å². The van der Waals surface area contributed by atoms with Crippen LogP contribution < -0.4 is 16.2 Å². The molecule has 3 amide bonds. The molecule has 0 saturated carbocycles. The van der Waals surface area contributed by atoms with Gasteiger partial charge in [-0.25, -0.2) is 4.79 Å². The number of benzene rings is 2. The van der Waals surface area contributed by atoms with Gasteiger partial charge in [-0.1, -0.05) is 17.7 Å². The maximum atomic E-state index is 12.3. The number of amides is 3. The van der Waals surface area contributed by atoms with E-state index in [-0.39, 0.29) is 16.8 Å². The van der Waals surface area contributed by atoms with Crippen molar-refractivity contribution in [2.24, 2.45) is 0 Å². The van der Waals surface area contributed by atoms with Gasteiger partial charge in [-0.05, 0) is 42.5 Å². The molecule has 0 bridgehead atoms. The molecule has 2 aromatic carbocycles. The Labute approximate surface area is 172 Å². The minimum atomic E-state index is -5.09. The summed E-state index contributed by atoms with van der Waals surface area (Å²) in [4.78, 5) is 46.4. The van der Waals surface area contributed by atoms with Gasteiger partial charge in [0.1, 0.15) is 0 Å². The number of anilines is 1. The third-order valence-corrected chi connectivity index (χ3v) is 3.62. The van der Waals surface area contributed by atoms with Crippen LogP contribution in [0.15, 0.2) is 48.5 Å². The molecule has 0 aromatic heterocycles. The topological polar surface area (TPSA) is 114 Å². The van der Waals surface area contributed by atoms with Crippen LogP contribution in [0.25, 0.3) is 0 Å². The van der Waals surface area contributed by atoms with E-state index >= 15 is 0 Å². The Morgan fingerprint density at radius 3 is 2.23 bits per heavy atom. The van der Waals surface area contributed by atoms with Crippen LogP contribution in [0.1, 0.15) is 20.7 Å². The molecular formula is C18H13ClF3N3O5. The zero-order valence-corrected chi connectivity index (χ0v) is 15.6. The van der Waals surface area contributed by atoms with E-state index in [9.17, 15) is 32.3 Å². The fourth-order valence-electron chi connectivity index (χ4n) is 1.98. The summed E-state index contributed by atoms with van der Waals surface area (Å²) in [6.45, 7) is -0.779. The SMILES string of the molecule is O=C(COC(=O)c1cccc(NC(=O)C(F)(F)F)c1)NNC(=O)c1ccc(Cl)cc1. The number of hydrazine groups is 1. The van der Waals surface area contributed by atoms with Crippen LogP contribution in [0.3, 0.4) is 0 Å². The first-order chi connectivity index (χ1) is 14.1. The van der Waals surface area contributed by atoms with E-state index in [1.54, 1.807) is 5.32 Å². The molecule has 0 fully saturated rings. The van der Waals surface area contributed by atoms with Crippen molar-refractivity contribution in [3.05, 3.63) is 64.7 Å². The van der Waals surface area contributed by atoms with E-state index in [1.807, 2.05) is 5.43 Å². The van der Waals surface area contributed by atoms with Gasteiger partial charge in [0.05, 0.1) is 5.56 Å². The van der Waals surface area contributed by atoms with Gasteiger partial charge >= 0.3 is 18.1 Å². The molecule has 0 aliphatic rings. The lowest BCUT2D eigenvalue weighted by Gasteiger charge is -2.10. The quantitative estimate of drug-likeness (QED) is 0.485. The summed E-state index contributed by atoms with van der Waals surface area (Å²) < 4.78 is 41.5. The fraction of sp³-hybridized carbons (Fsp3) is 0.111. The van der Waals surface area contributed by atoms with Gasteiger partial charge in [0, 0.05) is 16.3 Å². The predicted molar refractivity (Wildman–Crippen MR) is 98.5 cm³/mol. The normalized spacial score (nSPS) is 10.7. The summed E-state index contributed by atoms with van der Waals surface area (Å²) in [5.41, 5.74) is 3.86. The average Bonchev–Trinajstić information content (AvgIpc) is 2.70. The zero-order valence-electron chi connectivity index (χ0n) is 14.9. The van der Waals surface area contributed by atoms with E-state index in [0.717, 1.165) is 12.1 Å². The number of rotatable bonds is 5. The van der Waals surface area contributed by atoms with Gasteiger partial charge in [-0.2, -0.15) is 13.2 Å². The molecule has 0 radical (unpaired) electrons. The minimum absolute atomic E-state index is 0.201.